The summed E-state index contributed by atoms with van der Waals surface area (Å²) in [5.41, 5.74) is 0. The molecule has 1 atom stereocenters. The number of nitrogens with one attached hydrogen (secondary N) is 2. The zero-order chi connectivity index (χ0) is 14.4. The Bertz CT molecular complexity index is 441. The van der Waals surface area contributed by atoms with Crippen molar-refractivity contribution in [2.24, 2.45) is 10.9 Å². The Morgan fingerprint density at radius 2 is 2.20 bits per heavy atom. The molecule has 0 aliphatic carbocycles. The number of hydrogen-bond donors (Lipinski definition) is 2. The Kier molecular flexibility index (Phi) is 5.86. The highest BCUT2D eigenvalue weighted by molar-refractivity contribution is 7.11. The highest BCUT2D eigenvalue weighted by atomic mass is 32.1. The topological polar surface area (TPSA) is 39.7 Å². The molecule has 1 aromatic heterocycles. The Labute approximate surface area is 126 Å². The zero-order valence-electron chi connectivity index (χ0n) is 12.8. The molecule has 20 heavy (non-hydrogen) atoms. The molecule has 0 bridgehead atoms. The molecular weight excluding hydrogens is 268 g/mol. The van der Waals surface area contributed by atoms with Crippen LogP contribution in [0.4, 0.5) is 0 Å². The number of hydrogen-bond acceptors (Lipinski definition) is 3. The van der Waals surface area contributed by atoms with E-state index in [9.17, 15) is 0 Å². The minimum absolute atomic E-state index is 0.743. The number of aryl methyl sites for hydroxylation is 1. The van der Waals surface area contributed by atoms with Gasteiger partial charge in [-0.05, 0) is 44.5 Å². The monoisotopic (exact) mass is 294 g/mol. The average Bonchev–Trinajstić information content (AvgIpc) is 3.08. The number of guanidine groups is 1. The molecule has 1 aliphatic heterocycles. The van der Waals surface area contributed by atoms with Crippen LogP contribution in [0.3, 0.4) is 0 Å². The van der Waals surface area contributed by atoms with E-state index in [-0.39, 0.29) is 0 Å². The van der Waals surface area contributed by atoms with E-state index in [0.29, 0.717) is 0 Å². The maximum atomic E-state index is 4.30. The second-order valence-electron chi connectivity index (χ2n) is 5.45. The van der Waals surface area contributed by atoms with Crippen molar-refractivity contribution in [1.29, 1.82) is 0 Å². The first-order valence-corrected chi connectivity index (χ1v) is 8.23. The molecule has 1 fully saturated rings. The van der Waals surface area contributed by atoms with Gasteiger partial charge in [0.1, 0.15) is 0 Å². The van der Waals surface area contributed by atoms with Crippen molar-refractivity contribution in [2.45, 2.75) is 26.3 Å². The summed E-state index contributed by atoms with van der Waals surface area (Å²) in [5.74, 6) is 1.65. The van der Waals surface area contributed by atoms with Crippen LogP contribution in [0.2, 0.25) is 0 Å². The third kappa shape index (κ3) is 4.49. The van der Waals surface area contributed by atoms with Crippen LogP contribution in [0.15, 0.2) is 17.1 Å². The minimum atomic E-state index is 0.743. The summed E-state index contributed by atoms with van der Waals surface area (Å²) in [7, 11) is 4.02. The molecule has 5 heteroatoms. The molecule has 2 heterocycles. The minimum Gasteiger partial charge on any atom is -0.356 e. The van der Waals surface area contributed by atoms with E-state index >= 15 is 0 Å². The average molecular weight is 294 g/mol. The summed E-state index contributed by atoms with van der Waals surface area (Å²) >= 11 is 1.88. The molecule has 0 radical (unpaired) electrons. The van der Waals surface area contributed by atoms with E-state index < -0.39 is 0 Å². The second-order valence-corrected chi connectivity index (χ2v) is 6.70. The molecule has 0 spiro atoms. The number of likely N-dealkylation sites (tertiary alicyclic amines) is 1. The van der Waals surface area contributed by atoms with Gasteiger partial charge in [0.05, 0.1) is 6.54 Å². The van der Waals surface area contributed by atoms with Crippen LogP contribution in [-0.2, 0) is 13.0 Å². The molecule has 2 N–H and O–H groups in total. The normalized spacial score (nSPS) is 20.4. The summed E-state index contributed by atoms with van der Waals surface area (Å²) in [4.78, 5) is 9.49. The van der Waals surface area contributed by atoms with Gasteiger partial charge in [-0.25, -0.2) is 0 Å². The summed E-state index contributed by atoms with van der Waals surface area (Å²) in [6.45, 7) is 6.47. The summed E-state index contributed by atoms with van der Waals surface area (Å²) in [5, 5.41) is 6.83. The third-order valence-electron chi connectivity index (χ3n) is 3.77. The first-order valence-electron chi connectivity index (χ1n) is 7.42. The lowest BCUT2D eigenvalue weighted by Crippen LogP contribution is -2.39. The highest BCUT2D eigenvalue weighted by Gasteiger charge is 2.19. The predicted octanol–water partition coefficient (Wildman–Crippen LogP) is 1.93. The third-order valence-corrected chi connectivity index (χ3v) is 5.00. The van der Waals surface area contributed by atoms with E-state index in [1.54, 1.807) is 0 Å². The van der Waals surface area contributed by atoms with Crippen molar-refractivity contribution < 1.29 is 0 Å². The molecular formula is C15H26N4S. The van der Waals surface area contributed by atoms with Gasteiger partial charge in [-0.2, -0.15) is 0 Å². The fourth-order valence-corrected chi connectivity index (χ4v) is 3.43. The Hall–Kier alpha value is -1.07. The van der Waals surface area contributed by atoms with Crippen molar-refractivity contribution >= 4 is 17.3 Å². The van der Waals surface area contributed by atoms with Crippen LogP contribution in [0.25, 0.3) is 0 Å². The summed E-state index contributed by atoms with van der Waals surface area (Å²) < 4.78 is 0. The number of aliphatic imine (C=N–C) groups is 1. The molecule has 112 valence electrons. The maximum absolute atomic E-state index is 4.30. The lowest BCUT2D eigenvalue weighted by Gasteiger charge is -2.15. The number of nitrogens with zero attached hydrogens (tertiary/aromatic N) is 2. The smallest absolute Gasteiger partial charge is 0.191 e. The van der Waals surface area contributed by atoms with Gasteiger partial charge in [-0.1, -0.05) is 6.92 Å². The van der Waals surface area contributed by atoms with Crippen LogP contribution in [-0.4, -0.2) is 44.6 Å². The molecule has 1 aromatic rings. The Morgan fingerprint density at radius 1 is 1.40 bits per heavy atom. The van der Waals surface area contributed by atoms with Crippen molar-refractivity contribution in [3.63, 3.8) is 0 Å². The summed E-state index contributed by atoms with van der Waals surface area (Å²) in [6.07, 6.45) is 2.40. The largest absolute Gasteiger partial charge is 0.356 e. The van der Waals surface area contributed by atoms with E-state index in [1.165, 1.54) is 29.3 Å². The molecule has 0 amide bonds. The van der Waals surface area contributed by atoms with Gasteiger partial charge in [0.2, 0.25) is 0 Å². The van der Waals surface area contributed by atoms with Crippen molar-refractivity contribution in [1.82, 2.24) is 15.5 Å². The van der Waals surface area contributed by atoms with Crippen LogP contribution in [0.5, 0.6) is 0 Å². The van der Waals surface area contributed by atoms with Crippen molar-refractivity contribution in [3.05, 3.63) is 21.9 Å². The Morgan fingerprint density at radius 3 is 2.80 bits per heavy atom. The van der Waals surface area contributed by atoms with E-state index in [4.69, 9.17) is 0 Å². The van der Waals surface area contributed by atoms with Crippen LogP contribution in [0.1, 0.15) is 23.1 Å². The first-order chi connectivity index (χ1) is 9.71. The highest BCUT2D eigenvalue weighted by Crippen LogP contribution is 2.16. The van der Waals surface area contributed by atoms with Gasteiger partial charge < -0.3 is 15.5 Å². The molecule has 1 unspecified atom stereocenters. The fourth-order valence-electron chi connectivity index (χ4n) is 2.53. The molecule has 0 aromatic carbocycles. The number of thiophene rings is 1. The predicted molar refractivity (Wildman–Crippen MR) is 87.5 cm³/mol. The van der Waals surface area contributed by atoms with Crippen molar-refractivity contribution in [3.8, 4) is 0 Å². The quantitative estimate of drug-likeness (QED) is 0.644. The van der Waals surface area contributed by atoms with E-state index in [1.807, 2.05) is 18.4 Å². The molecule has 4 nitrogen and oxygen atoms in total. The second kappa shape index (κ2) is 7.64. The lowest BCUT2D eigenvalue weighted by molar-refractivity contribution is 0.394. The SMILES string of the molecule is CCc1ccc(CNC(=NC)NCC2CCN(C)C2)s1. The molecule has 1 aliphatic rings. The van der Waals surface area contributed by atoms with E-state index in [2.05, 4.69) is 46.6 Å². The van der Waals surface area contributed by atoms with Crippen LogP contribution in [0, 0.1) is 5.92 Å². The van der Waals surface area contributed by atoms with Gasteiger partial charge in [0.15, 0.2) is 5.96 Å². The van der Waals surface area contributed by atoms with E-state index in [0.717, 1.165) is 31.4 Å². The molecule has 0 saturated carbocycles. The lowest BCUT2D eigenvalue weighted by atomic mass is 10.1. The fraction of sp³-hybridized carbons (Fsp3) is 0.667. The first kappa shape index (κ1) is 15.3. The maximum Gasteiger partial charge on any atom is 0.191 e. The molecule has 2 rings (SSSR count). The zero-order valence-corrected chi connectivity index (χ0v) is 13.6. The molecule has 1 saturated heterocycles. The Balaban J connectivity index is 1.72. The van der Waals surface area contributed by atoms with Gasteiger partial charge >= 0.3 is 0 Å². The van der Waals surface area contributed by atoms with Gasteiger partial charge in [-0.3, -0.25) is 4.99 Å². The summed E-state index contributed by atoms with van der Waals surface area (Å²) in [6, 6.07) is 4.42. The van der Waals surface area contributed by atoms with Crippen LogP contribution >= 0.6 is 11.3 Å². The standard InChI is InChI=1S/C15H26N4S/c1-4-13-5-6-14(20-13)10-18-15(16-2)17-9-12-7-8-19(3)11-12/h5-6,12H,4,7-11H2,1-3H3,(H2,16,17,18). The van der Waals surface area contributed by atoms with Gasteiger partial charge in [0, 0.05) is 29.9 Å². The van der Waals surface area contributed by atoms with Crippen LogP contribution < -0.4 is 10.6 Å². The van der Waals surface area contributed by atoms with Crippen molar-refractivity contribution in [2.75, 3.05) is 33.7 Å². The number of rotatable bonds is 5. The van der Waals surface area contributed by atoms with Gasteiger partial charge in [0.25, 0.3) is 0 Å². The van der Waals surface area contributed by atoms with Gasteiger partial charge in [-0.15, -0.1) is 11.3 Å².